The van der Waals surface area contributed by atoms with Gasteiger partial charge in [0.2, 0.25) is 23.6 Å². The van der Waals surface area contributed by atoms with Gasteiger partial charge in [0.05, 0.1) is 43.1 Å². The van der Waals surface area contributed by atoms with Gasteiger partial charge in [-0.2, -0.15) is 0 Å². The summed E-state index contributed by atoms with van der Waals surface area (Å²) in [5.74, 6) is 1.64. The molecule has 1 aliphatic carbocycles. The van der Waals surface area contributed by atoms with Crippen molar-refractivity contribution in [1.29, 1.82) is 0 Å². The van der Waals surface area contributed by atoms with Crippen LogP contribution < -0.4 is 44.5 Å². The standard InChI is InChI=1S/C59H78N4O10.C25H29NO2/c1-5-7-9-11-16-22-28-42-40(26-20-10-8-6-2)30-31-41(27-21-15-14-19-25-33-61-54(68)46-36-50-51(37-47(46)55(61)69)59(73)63(39(4)65)58(50)72)43(42)29-23-17-12-13-18-24-32-60-52(66)44-34-48-49(35-45(44)53(60)67)57(71)62(38(3)64)56(48)70;1-17(21-11-7-5-8-12-21)15-23(22-13-9-6-10-14-22)16-24-18(2)19(3)26(20(4)27)25(24)28/h34-37,40-43H,5-33H2,1-4H3;5-14,17-18,23-24H,3,15-16H2,1-2,4H3. The number of imide groups is 1. The van der Waals surface area contributed by atoms with E-state index in [2.05, 4.69) is 75.9 Å². The molecule has 540 valence electrons. The van der Waals surface area contributed by atoms with Crippen molar-refractivity contribution in [3.05, 3.63) is 191 Å². The molecule has 4 aromatic heterocycles. The highest BCUT2D eigenvalue weighted by molar-refractivity contribution is 6.01. The molecule has 8 atom stereocenters. The Labute approximate surface area is 592 Å². The fourth-order valence-electron chi connectivity index (χ4n) is 17.1. The van der Waals surface area contributed by atoms with Crippen LogP contribution in [0, 0.1) is 35.5 Å². The molecule has 17 heteroatoms. The minimum Gasteiger partial charge on any atom is -0.274 e. The normalized spacial score (nSPS) is 18.5. The Morgan fingerprint density at radius 1 is 0.426 bits per heavy atom. The van der Waals surface area contributed by atoms with Gasteiger partial charge in [0.1, 0.15) is 0 Å². The minimum absolute atomic E-state index is 0.0188. The highest BCUT2D eigenvalue weighted by Gasteiger charge is 2.44. The molecule has 8 unspecified atom stereocenters. The van der Waals surface area contributed by atoms with Crippen LogP contribution in [0.25, 0.3) is 43.1 Å². The predicted molar refractivity (Wildman–Crippen MR) is 405 cm³/mol. The zero-order chi connectivity index (χ0) is 72.6. The molecule has 1 aliphatic heterocycles. The molecular formula is C84H107N5O12. The number of nitrogens with zero attached hydrogens (tertiary/aromatic N) is 5. The number of fused-ring (bicyclic) bond motifs is 4. The van der Waals surface area contributed by atoms with E-state index in [0.29, 0.717) is 39.5 Å². The second kappa shape index (κ2) is 36.0. The van der Waals surface area contributed by atoms with Gasteiger partial charge < -0.3 is 0 Å². The van der Waals surface area contributed by atoms with Crippen LogP contribution in [0.1, 0.15) is 267 Å². The van der Waals surface area contributed by atoms with Gasteiger partial charge in [0.15, 0.2) is 0 Å². The number of amides is 2. The number of rotatable bonds is 35. The molecule has 8 aromatic rings. The quantitative estimate of drug-likeness (QED) is 0.0338. The van der Waals surface area contributed by atoms with E-state index < -0.39 is 56.3 Å². The van der Waals surface area contributed by atoms with Crippen molar-refractivity contribution >= 4 is 66.7 Å². The molecule has 1 saturated carbocycles. The van der Waals surface area contributed by atoms with Crippen molar-refractivity contribution in [3.8, 4) is 0 Å². The summed E-state index contributed by atoms with van der Waals surface area (Å²) in [5.41, 5.74) is -1.77. The van der Waals surface area contributed by atoms with Crippen LogP contribution in [0.15, 0.2) is 136 Å². The minimum atomic E-state index is -0.769. The molecule has 101 heavy (non-hydrogen) atoms. The maximum Gasteiger partial charge on any atom is 0.268 e. The Kier molecular flexibility index (Phi) is 27.4. The summed E-state index contributed by atoms with van der Waals surface area (Å²) in [7, 11) is 0. The van der Waals surface area contributed by atoms with Crippen LogP contribution >= 0.6 is 0 Å². The molecule has 0 bridgehead atoms. The molecular weight excluding hydrogens is 1270 g/mol. The SMILES string of the molecule is C=C1C(C)C(CC(CC(C)c2ccccc2)c2ccccc2)C(=O)N1C(C)=O.CCCCCCCCC1C(CCCCCC)CCC(CCCCCCCn2c(=O)c3cc4c(=O)n(C(C)=O)c(=O)c4cc3c2=O)C1CCCCCCCCn1c(=O)c2cc3c(=O)n(C(C)=O)c(=O)c3cc2c1=O. The molecule has 2 amide bonds. The van der Waals surface area contributed by atoms with Gasteiger partial charge in [-0.05, 0) is 122 Å². The summed E-state index contributed by atoms with van der Waals surface area (Å²) < 4.78 is 3.52. The lowest BCUT2D eigenvalue weighted by molar-refractivity contribution is -0.140. The van der Waals surface area contributed by atoms with Gasteiger partial charge in [0.25, 0.3) is 44.5 Å². The Balaban J connectivity index is 0.000000352. The van der Waals surface area contributed by atoms with E-state index in [4.69, 9.17) is 0 Å². The van der Waals surface area contributed by atoms with Gasteiger partial charge in [0, 0.05) is 51.4 Å². The largest absolute Gasteiger partial charge is 0.274 e. The summed E-state index contributed by atoms with van der Waals surface area (Å²) >= 11 is 0. The maximum atomic E-state index is 13.3. The number of carbonyl (C=O) groups excluding carboxylic acids is 4. The summed E-state index contributed by atoms with van der Waals surface area (Å²) in [6.07, 6.45) is 33.4. The number of likely N-dealkylation sites (tertiary alicyclic amines) is 1. The van der Waals surface area contributed by atoms with E-state index in [9.17, 15) is 57.5 Å². The molecule has 2 fully saturated rings. The molecule has 1 saturated heterocycles. The smallest absolute Gasteiger partial charge is 0.268 e. The van der Waals surface area contributed by atoms with E-state index in [0.717, 1.165) is 95.8 Å². The molecule has 10 rings (SSSR count). The van der Waals surface area contributed by atoms with Crippen molar-refractivity contribution in [1.82, 2.24) is 23.2 Å². The van der Waals surface area contributed by atoms with Gasteiger partial charge in [-0.1, -0.05) is 230 Å². The van der Waals surface area contributed by atoms with Gasteiger partial charge in [-0.3, -0.25) is 71.6 Å². The van der Waals surface area contributed by atoms with Crippen LogP contribution in [0.3, 0.4) is 0 Å². The van der Waals surface area contributed by atoms with Crippen molar-refractivity contribution in [2.24, 2.45) is 35.5 Å². The number of carbonyl (C=O) groups is 4. The molecule has 5 heterocycles. The number of hydrogen-bond acceptors (Lipinski definition) is 12. The van der Waals surface area contributed by atoms with Crippen molar-refractivity contribution in [2.45, 2.75) is 260 Å². The third-order valence-electron chi connectivity index (χ3n) is 22.8. The van der Waals surface area contributed by atoms with Gasteiger partial charge in [-0.25, -0.2) is 9.13 Å². The molecule has 17 nitrogen and oxygen atoms in total. The molecule has 0 radical (unpaired) electrons. The number of allylic oxidation sites excluding steroid dienone is 1. The second-order valence-corrected chi connectivity index (χ2v) is 29.6. The van der Waals surface area contributed by atoms with Crippen molar-refractivity contribution in [2.75, 3.05) is 0 Å². The van der Waals surface area contributed by atoms with Crippen LogP contribution in [0.4, 0.5) is 0 Å². The van der Waals surface area contributed by atoms with E-state index in [1.165, 1.54) is 166 Å². The third-order valence-corrected chi connectivity index (χ3v) is 22.8. The lowest BCUT2D eigenvalue weighted by Gasteiger charge is -2.44. The van der Waals surface area contributed by atoms with E-state index in [1.54, 1.807) is 0 Å². The molecule has 2 aliphatic rings. The lowest BCUT2D eigenvalue weighted by Crippen LogP contribution is -2.35. The zero-order valence-electron chi connectivity index (χ0n) is 61.0. The van der Waals surface area contributed by atoms with Gasteiger partial charge in [-0.15, -0.1) is 0 Å². The van der Waals surface area contributed by atoms with Crippen LogP contribution in [-0.4, -0.2) is 46.8 Å². The van der Waals surface area contributed by atoms with E-state index in [1.807, 2.05) is 19.1 Å². The zero-order valence-corrected chi connectivity index (χ0v) is 61.0. The Hall–Kier alpha value is -8.34. The average Bonchev–Trinajstić information content (AvgIpc) is 1.60. The first-order valence-electron chi connectivity index (χ1n) is 38.1. The predicted octanol–water partition coefficient (Wildman–Crippen LogP) is 15.7. The summed E-state index contributed by atoms with van der Waals surface area (Å²) in [6.45, 7) is 17.1. The summed E-state index contributed by atoms with van der Waals surface area (Å²) in [6, 6.07) is 26.1. The first kappa shape index (κ1) is 76.8. The van der Waals surface area contributed by atoms with Crippen LogP contribution in [-0.2, 0) is 22.7 Å². The molecule has 0 spiro atoms. The van der Waals surface area contributed by atoms with Crippen LogP contribution in [0.5, 0.6) is 0 Å². The van der Waals surface area contributed by atoms with E-state index in [-0.39, 0.29) is 85.7 Å². The topological polar surface area (TPSA) is 228 Å². The fraction of sp³-hybridized carbons (Fsp3) is 0.548. The maximum absolute atomic E-state index is 13.3. The number of unbranched alkanes of at least 4 members (excludes halogenated alkanes) is 17. The third kappa shape index (κ3) is 17.8. The Bertz CT molecular complexity index is 4490. The number of hydrogen-bond donors (Lipinski definition) is 0. The Morgan fingerprint density at radius 2 is 0.752 bits per heavy atom. The summed E-state index contributed by atoms with van der Waals surface area (Å²) in [4.78, 5) is 154. The second-order valence-electron chi connectivity index (χ2n) is 29.6. The van der Waals surface area contributed by atoms with Gasteiger partial charge >= 0.3 is 0 Å². The van der Waals surface area contributed by atoms with Crippen molar-refractivity contribution in [3.63, 3.8) is 0 Å². The van der Waals surface area contributed by atoms with Crippen molar-refractivity contribution < 1.29 is 19.2 Å². The monoisotopic (exact) mass is 1380 g/mol. The lowest BCUT2D eigenvalue weighted by atomic mass is 9.61. The Morgan fingerprint density at radius 3 is 1.11 bits per heavy atom. The van der Waals surface area contributed by atoms with E-state index >= 15 is 0 Å². The molecule has 4 aromatic carbocycles. The van der Waals surface area contributed by atoms with Crippen LogP contribution in [0.2, 0.25) is 0 Å². The number of benzene rings is 4. The fourth-order valence-corrected chi connectivity index (χ4v) is 17.1. The first-order chi connectivity index (χ1) is 48.6. The number of aromatic nitrogens is 4. The highest BCUT2D eigenvalue weighted by atomic mass is 16.2. The molecule has 0 N–H and O–H groups in total. The first-order valence-corrected chi connectivity index (χ1v) is 38.1. The highest BCUT2D eigenvalue weighted by Crippen LogP contribution is 2.48. The summed E-state index contributed by atoms with van der Waals surface area (Å²) in [5, 5.41) is 0.315. The average molecular weight is 1380 g/mol.